The van der Waals surface area contributed by atoms with Gasteiger partial charge in [-0.1, -0.05) is 42.5 Å². The third kappa shape index (κ3) is 3.49. The predicted molar refractivity (Wildman–Crippen MR) is 122 cm³/mol. The topological polar surface area (TPSA) is 56.7 Å². The summed E-state index contributed by atoms with van der Waals surface area (Å²) in [4.78, 5) is 21.7. The van der Waals surface area contributed by atoms with Crippen molar-refractivity contribution in [3.63, 3.8) is 0 Å². The Hall–Kier alpha value is -3.18. The number of hydrogen-bond acceptors (Lipinski definition) is 4. The lowest BCUT2D eigenvalue weighted by atomic mass is 9.81. The Morgan fingerprint density at radius 3 is 2.68 bits per heavy atom. The van der Waals surface area contributed by atoms with Gasteiger partial charge in [0.2, 0.25) is 5.91 Å². The molecular formula is C26H27N3O2. The van der Waals surface area contributed by atoms with Crippen molar-refractivity contribution >= 4 is 11.6 Å². The van der Waals surface area contributed by atoms with E-state index in [4.69, 9.17) is 0 Å². The van der Waals surface area contributed by atoms with E-state index in [-0.39, 0.29) is 30.5 Å². The van der Waals surface area contributed by atoms with Gasteiger partial charge in [0, 0.05) is 37.6 Å². The number of pyridine rings is 1. The maximum atomic E-state index is 13.3. The molecular weight excluding hydrogens is 386 g/mol. The number of aliphatic hydroxyl groups is 1. The number of carbonyl (C=O) groups excluding carboxylic acids is 1. The Bertz CT molecular complexity index is 1070. The van der Waals surface area contributed by atoms with Crippen LogP contribution in [0, 0.1) is 5.92 Å². The number of fused-ring (bicyclic) bond motifs is 3. The zero-order valence-corrected chi connectivity index (χ0v) is 17.7. The molecule has 3 heterocycles. The number of aromatic nitrogens is 1. The molecule has 1 saturated heterocycles. The molecule has 158 valence electrons. The van der Waals surface area contributed by atoms with Crippen LogP contribution >= 0.6 is 0 Å². The van der Waals surface area contributed by atoms with Gasteiger partial charge >= 0.3 is 0 Å². The maximum absolute atomic E-state index is 13.3. The minimum Gasteiger partial charge on any atom is -0.394 e. The van der Waals surface area contributed by atoms with Crippen LogP contribution in [0.2, 0.25) is 0 Å². The van der Waals surface area contributed by atoms with Crippen LogP contribution in [0.25, 0.3) is 11.1 Å². The number of likely N-dealkylation sites (tertiary alicyclic amines) is 1. The summed E-state index contributed by atoms with van der Waals surface area (Å²) in [6, 6.07) is 20.7. The Balaban J connectivity index is 1.54. The number of nitrogens with zero attached hydrogens (tertiary/aromatic N) is 3. The molecule has 0 radical (unpaired) electrons. The third-order valence-electron chi connectivity index (χ3n) is 6.86. The molecule has 5 heteroatoms. The van der Waals surface area contributed by atoms with E-state index in [0.29, 0.717) is 13.0 Å². The van der Waals surface area contributed by atoms with Crippen molar-refractivity contribution in [1.82, 2.24) is 9.88 Å². The number of likely N-dealkylation sites (N-methyl/N-ethyl adjacent to an activating group) is 1. The zero-order chi connectivity index (χ0) is 21.4. The second-order valence-electron chi connectivity index (χ2n) is 8.52. The quantitative estimate of drug-likeness (QED) is 0.709. The summed E-state index contributed by atoms with van der Waals surface area (Å²) in [6.45, 7) is 0.802. The number of rotatable bonds is 4. The van der Waals surface area contributed by atoms with E-state index < -0.39 is 0 Å². The monoisotopic (exact) mass is 413 g/mol. The second kappa shape index (κ2) is 8.16. The fourth-order valence-electron chi connectivity index (χ4n) is 5.32. The average molecular weight is 414 g/mol. The summed E-state index contributed by atoms with van der Waals surface area (Å²) in [5, 5.41) is 10.2. The Kier molecular flexibility index (Phi) is 5.20. The van der Waals surface area contributed by atoms with Gasteiger partial charge in [-0.2, -0.15) is 0 Å². The number of anilines is 1. The lowest BCUT2D eigenvalue weighted by Gasteiger charge is -2.44. The third-order valence-corrected chi connectivity index (χ3v) is 6.86. The molecule has 2 aliphatic rings. The van der Waals surface area contributed by atoms with Crippen LogP contribution in [0.4, 0.5) is 5.69 Å². The van der Waals surface area contributed by atoms with Gasteiger partial charge in [-0.3, -0.25) is 9.78 Å². The van der Waals surface area contributed by atoms with E-state index in [1.807, 2.05) is 35.2 Å². The lowest BCUT2D eigenvalue weighted by Crippen LogP contribution is -2.48. The number of aliphatic hydroxyl groups excluding tert-OH is 1. The molecule has 0 spiro atoms. The molecule has 0 bridgehead atoms. The van der Waals surface area contributed by atoms with E-state index in [2.05, 4.69) is 47.3 Å². The molecule has 5 nitrogen and oxygen atoms in total. The van der Waals surface area contributed by atoms with Crippen molar-refractivity contribution < 1.29 is 9.90 Å². The minimum atomic E-state index is -0.0174. The van der Waals surface area contributed by atoms with Crippen molar-refractivity contribution in [2.45, 2.75) is 24.9 Å². The molecule has 0 aliphatic carbocycles. The molecule has 1 amide bonds. The fraction of sp³-hybridized carbons (Fsp3) is 0.308. The molecule has 3 atom stereocenters. The van der Waals surface area contributed by atoms with Gasteiger partial charge in [0.05, 0.1) is 25.1 Å². The molecule has 1 N–H and O–H groups in total. The highest BCUT2D eigenvalue weighted by atomic mass is 16.3. The van der Waals surface area contributed by atoms with E-state index in [0.717, 1.165) is 23.2 Å². The van der Waals surface area contributed by atoms with E-state index in [1.165, 1.54) is 11.1 Å². The van der Waals surface area contributed by atoms with Gasteiger partial charge in [0.15, 0.2) is 0 Å². The molecule has 3 aromatic rings. The SMILES string of the molecule is CN1c2ccc(-c3ccccc3)cc2[C@@H]2[C@@H](CCN2C(=O)Cc2cccnc2)[C@@H]1CO. The normalized spacial score (nSPS) is 22.2. The van der Waals surface area contributed by atoms with Crippen molar-refractivity contribution in [3.8, 4) is 11.1 Å². The molecule has 0 unspecified atom stereocenters. The van der Waals surface area contributed by atoms with Crippen LogP contribution in [0.5, 0.6) is 0 Å². The smallest absolute Gasteiger partial charge is 0.227 e. The zero-order valence-electron chi connectivity index (χ0n) is 17.7. The Labute approximate surface area is 183 Å². The summed E-state index contributed by atoms with van der Waals surface area (Å²) in [5.41, 5.74) is 5.53. The summed E-state index contributed by atoms with van der Waals surface area (Å²) in [7, 11) is 2.05. The van der Waals surface area contributed by atoms with E-state index in [9.17, 15) is 9.90 Å². The van der Waals surface area contributed by atoms with E-state index in [1.54, 1.807) is 12.4 Å². The van der Waals surface area contributed by atoms with Gasteiger partial charge < -0.3 is 14.9 Å². The average Bonchev–Trinajstić information content (AvgIpc) is 3.26. The number of benzene rings is 2. The Morgan fingerprint density at radius 2 is 1.94 bits per heavy atom. The summed E-state index contributed by atoms with van der Waals surface area (Å²) < 4.78 is 0. The van der Waals surface area contributed by atoms with E-state index >= 15 is 0 Å². The molecule has 2 aromatic carbocycles. The highest BCUT2D eigenvalue weighted by Crippen LogP contribution is 2.49. The number of carbonyl (C=O) groups is 1. The van der Waals surface area contributed by atoms with Crippen molar-refractivity contribution in [1.29, 1.82) is 0 Å². The van der Waals surface area contributed by atoms with Gasteiger partial charge in [0.25, 0.3) is 0 Å². The number of hydrogen-bond donors (Lipinski definition) is 1. The first-order valence-electron chi connectivity index (χ1n) is 10.9. The van der Waals surface area contributed by atoms with Crippen molar-refractivity contribution in [3.05, 3.63) is 84.2 Å². The highest BCUT2D eigenvalue weighted by Gasteiger charge is 2.47. The van der Waals surface area contributed by atoms with Crippen LogP contribution in [-0.2, 0) is 11.2 Å². The minimum absolute atomic E-state index is 0.0104. The van der Waals surface area contributed by atoms with Crippen molar-refractivity contribution in [2.75, 3.05) is 25.1 Å². The number of amides is 1. The van der Waals surface area contributed by atoms with Gasteiger partial charge in [-0.15, -0.1) is 0 Å². The first kappa shape index (κ1) is 19.8. The van der Waals surface area contributed by atoms with Crippen LogP contribution in [0.15, 0.2) is 73.1 Å². The van der Waals surface area contributed by atoms with Crippen LogP contribution in [0.1, 0.15) is 23.6 Å². The maximum Gasteiger partial charge on any atom is 0.227 e. The highest BCUT2D eigenvalue weighted by molar-refractivity contribution is 5.81. The summed E-state index contributed by atoms with van der Waals surface area (Å²) in [6.07, 6.45) is 4.74. The fourth-order valence-corrected chi connectivity index (χ4v) is 5.32. The Morgan fingerprint density at radius 1 is 1.10 bits per heavy atom. The summed E-state index contributed by atoms with van der Waals surface area (Å²) in [5.74, 6) is 0.337. The molecule has 31 heavy (non-hydrogen) atoms. The van der Waals surface area contributed by atoms with Crippen molar-refractivity contribution in [2.24, 2.45) is 5.92 Å². The summed E-state index contributed by atoms with van der Waals surface area (Å²) >= 11 is 0. The standard InChI is InChI=1S/C26H27N3O2/c1-28-23-10-9-20(19-7-3-2-4-8-19)15-22(23)26-21(24(28)17-30)11-13-29(26)25(31)14-18-6-5-12-27-16-18/h2-10,12,15-16,21,24,26,30H,11,13-14,17H2,1H3/t21-,24-,26-/m0/s1. The van der Waals surface area contributed by atoms with Gasteiger partial charge in [-0.25, -0.2) is 0 Å². The van der Waals surface area contributed by atoms with Gasteiger partial charge in [-0.05, 0) is 46.9 Å². The van der Waals surface area contributed by atoms with Gasteiger partial charge in [0.1, 0.15) is 0 Å². The van der Waals surface area contributed by atoms with Crippen LogP contribution in [0.3, 0.4) is 0 Å². The molecule has 1 aromatic heterocycles. The second-order valence-corrected chi connectivity index (χ2v) is 8.52. The first-order chi connectivity index (χ1) is 15.2. The predicted octanol–water partition coefficient (Wildman–Crippen LogP) is 3.69. The first-order valence-corrected chi connectivity index (χ1v) is 10.9. The van der Waals surface area contributed by atoms with Crippen LogP contribution in [-0.4, -0.2) is 47.1 Å². The molecule has 1 fully saturated rings. The lowest BCUT2D eigenvalue weighted by molar-refractivity contribution is -0.132. The molecule has 2 aliphatic heterocycles. The molecule has 0 saturated carbocycles. The van der Waals surface area contributed by atoms with Crippen LogP contribution < -0.4 is 4.90 Å². The molecule has 5 rings (SSSR count). The largest absolute Gasteiger partial charge is 0.394 e.